The molecule has 0 unspecified atom stereocenters. The lowest BCUT2D eigenvalue weighted by Crippen LogP contribution is -2.40. The second-order valence-corrected chi connectivity index (χ2v) is 4.00. The van der Waals surface area contributed by atoms with Crippen molar-refractivity contribution in [1.29, 1.82) is 0 Å². The Hall–Kier alpha value is -1.01. The first-order valence-corrected chi connectivity index (χ1v) is 5.76. The summed E-state index contributed by atoms with van der Waals surface area (Å²) in [7, 11) is 0. The van der Waals surface area contributed by atoms with Crippen LogP contribution in [0.2, 0.25) is 0 Å². The topological polar surface area (TPSA) is 41.1 Å². The van der Waals surface area contributed by atoms with Gasteiger partial charge in [-0.3, -0.25) is 4.79 Å². The van der Waals surface area contributed by atoms with E-state index >= 15 is 0 Å². The summed E-state index contributed by atoms with van der Waals surface area (Å²) >= 11 is 0. The number of hydrogen-bond donors (Lipinski definition) is 2. The Morgan fingerprint density at radius 1 is 1.53 bits per heavy atom. The number of hydrogen-bond acceptors (Lipinski definition) is 2. The molecule has 1 aliphatic heterocycles. The van der Waals surface area contributed by atoms with E-state index in [0.717, 1.165) is 51.7 Å². The summed E-state index contributed by atoms with van der Waals surface area (Å²) in [5, 5.41) is 6.20. The molecular weight excluding hydrogens is 188 g/mol. The zero-order valence-electron chi connectivity index (χ0n) is 9.22. The minimum absolute atomic E-state index is 0.173. The number of nitrogens with one attached hydrogen (secondary N) is 2. The van der Waals surface area contributed by atoms with Crippen molar-refractivity contribution in [3.63, 3.8) is 0 Å². The van der Waals surface area contributed by atoms with Gasteiger partial charge in [0.2, 0.25) is 5.91 Å². The smallest absolute Gasteiger partial charge is 0.224 e. The number of amides is 1. The number of carbonyl (C=O) groups is 1. The minimum Gasteiger partial charge on any atom is -0.356 e. The lowest BCUT2D eigenvalue weighted by molar-refractivity contribution is -0.125. The van der Waals surface area contributed by atoms with Crippen molar-refractivity contribution in [3.05, 3.63) is 0 Å². The molecule has 0 aromatic rings. The largest absolute Gasteiger partial charge is 0.356 e. The van der Waals surface area contributed by atoms with Gasteiger partial charge in [0, 0.05) is 19.5 Å². The number of carbonyl (C=O) groups excluding carboxylic acids is 1. The Morgan fingerprint density at radius 2 is 2.40 bits per heavy atom. The van der Waals surface area contributed by atoms with E-state index in [0.29, 0.717) is 0 Å². The standard InChI is InChI=1S/C12H20N2O/c1-2-3-4-5-9-14-12(15)11-7-6-8-13-10-11/h1,11,13H,3-10H2,(H,14,15)/t11-/m1/s1. The molecule has 1 amide bonds. The molecule has 3 heteroatoms. The van der Waals surface area contributed by atoms with Crippen LogP contribution in [0.15, 0.2) is 0 Å². The lowest BCUT2D eigenvalue weighted by atomic mass is 9.99. The lowest BCUT2D eigenvalue weighted by Gasteiger charge is -2.21. The Balaban J connectivity index is 2.05. The zero-order chi connectivity index (χ0) is 10.9. The van der Waals surface area contributed by atoms with E-state index in [-0.39, 0.29) is 11.8 Å². The highest BCUT2D eigenvalue weighted by Crippen LogP contribution is 2.09. The van der Waals surface area contributed by atoms with Crippen molar-refractivity contribution in [3.8, 4) is 12.3 Å². The first kappa shape index (κ1) is 12.1. The molecule has 0 aromatic heterocycles. The SMILES string of the molecule is C#CCCCCNC(=O)[C@@H]1CCCNC1. The predicted octanol–water partition coefficient (Wildman–Crippen LogP) is 0.906. The van der Waals surface area contributed by atoms with Gasteiger partial charge in [0.15, 0.2) is 0 Å². The maximum atomic E-state index is 11.6. The molecule has 0 saturated carbocycles. The van der Waals surface area contributed by atoms with Gasteiger partial charge in [0.1, 0.15) is 0 Å². The maximum Gasteiger partial charge on any atom is 0.224 e. The quantitative estimate of drug-likeness (QED) is 0.521. The third kappa shape index (κ3) is 4.85. The molecule has 1 fully saturated rings. The molecule has 3 nitrogen and oxygen atoms in total. The van der Waals surface area contributed by atoms with Crippen LogP contribution in [0, 0.1) is 18.3 Å². The van der Waals surface area contributed by atoms with Crippen molar-refractivity contribution in [2.75, 3.05) is 19.6 Å². The molecule has 0 bridgehead atoms. The van der Waals surface area contributed by atoms with Crippen LogP contribution in [0.4, 0.5) is 0 Å². The number of rotatable bonds is 5. The average Bonchev–Trinajstić information content (AvgIpc) is 2.30. The zero-order valence-corrected chi connectivity index (χ0v) is 9.22. The van der Waals surface area contributed by atoms with Crippen molar-refractivity contribution < 1.29 is 4.79 Å². The van der Waals surface area contributed by atoms with Crippen molar-refractivity contribution in [1.82, 2.24) is 10.6 Å². The van der Waals surface area contributed by atoms with Gasteiger partial charge in [-0.25, -0.2) is 0 Å². The summed E-state index contributed by atoms with van der Waals surface area (Å²) < 4.78 is 0. The Bertz CT molecular complexity index is 226. The molecule has 84 valence electrons. The molecule has 1 atom stereocenters. The van der Waals surface area contributed by atoms with E-state index in [1.807, 2.05) is 0 Å². The molecule has 1 saturated heterocycles. The van der Waals surface area contributed by atoms with Gasteiger partial charge in [-0.2, -0.15) is 0 Å². The second kappa shape index (κ2) is 7.30. The highest BCUT2D eigenvalue weighted by atomic mass is 16.1. The maximum absolute atomic E-state index is 11.6. The molecule has 0 aliphatic carbocycles. The fourth-order valence-electron chi connectivity index (χ4n) is 1.78. The van der Waals surface area contributed by atoms with Gasteiger partial charge in [-0.05, 0) is 32.2 Å². The highest BCUT2D eigenvalue weighted by molar-refractivity contribution is 5.78. The average molecular weight is 208 g/mol. The fourth-order valence-corrected chi connectivity index (χ4v) is 1.78. The third-order valence-electron chi connectivity index (χ3n) is 2.71. The van der Waals surface area contributed by atoms with E-state index in [4.69, 9.17) is 6.42 Å². The Morgan fingerprint density at radius 3 is 3.07 bits per heavy atom. The van der Waals surface area contributed by atoms with Crippen LogP contribution in [-0.4, -0.2) is 25.5 Å². The van der Waals surface area contributed by atoms with Crippen LogP contribution in [0.3, 0.4) is 0 Å². The highest BCUT2D eigenvalue weighted by Gasteiger charge is 2.19. The van der Waals surface area contributed by atoms with Crippen LogP contribution in [0.5, 0.6) is 0 Å². The number of terminal acetylenes is 1. The summed E-state index contributed by atoms with van der Waals surface area (Å²) in [4.78, 5) is 11.6. The van der Waals surface area contributed by atoms with E-state index < -0.39 is 0 Å². The third-order valence-corrected chi connectivity index (χ3v) is 2.71. The normalized spacial score (nSPS) is 20.6. The molecular formula is C12H20N2O. The van der Waals surface area contributed by atoms with E-state index in [2.05, 4.69) is 16.6 Å². The van der Waals surface area contributed by atoms with Gasteiger partial charge < -0.3 is 10.6 Å². The first-order valence-electron chi connectivity index (χ1n) is 5.76. The molecule has 1 aliphatic rings. The molecule has 0 radical (unpaired) electrons. The van der Waals surface area contributed by atoms with Gasteiger partial charge in [-0.1, -0.05) is 0 Å². The van der Waals surface area contributed by atoms with Gasteiger partial charge >= 0.3 is 0 Å². The summed E-state index contributed by atoms with van der Waals surface area (Å²) in [5.41, 5.74) is 0. The van der Waals surface area contributed by atoms with Gasteiger partial charge in [-0.15, -0.1) is 12.3 Å². The molecule has 15 heavy (non-hydrogen) atoms. The first-order chi connectivity index (χ1) is 7.34. The minimum atomic E-state index is 0.173. The predicted molar refractivity (Wildman–Crippen MR) is 61.3 cm³/mol. The van der Waals surface area contributed by atoms with E-state index in [9.17, 15) is 4.79 Å². The second-order valence-electron chi connectivity index (χ2n) is 4.00. The number of piperidine rings is 1. The van der Waals surface area contributed by atoms with Gasteiger partial charge in [0.05, 0.1) is 5.92 Å². The van der Waals surface area contributed by atoms with Crippen LogP contribution in [-0.2, 0) is 4.79 Å². The van der Waals surface area contributed by atoms with Crippen molar-refractivity contribution in [2.24, 2.45) is 5.92 Å². The molecule has 1 heterocycles. The monoisotopic (exact) mass is 208 g/mol. The van der Waals surface area contributed by atoms with Gasteiger partial charge in [0.25, 0.3) is 0 Å². The Kier molecular flexibility index (Phi) is 5.87. The number of unbranched alkanes of at least 4 members (excludes halogenated alkanes) is 2. The van der Waals surface area contributed by atoms with Crippen LogP contribution >= 0.6 is 0 Å². The molecule has 0 aromatic carbocycles. The molecule has 1 rings (SSSR count). The van der Waals surface area contributed by atoms with Crippen LogP contribution in [0.1, 0.15) is 32.1 Å². The van der Waals surface area contributed by atoms with E-state index in [1.165, 1.54) is 0 Å². The van der Waals surface area contributed by atoms with Crippen molar-refractivity contribution in [2.45, 2.75) is 32.1 Å². The fraction of sp³-hybridized carbons (Fsp3) is 0.750. The summed E-state index contributed by atoms with van der Waals surface area (Å²) in [5.74, 6) is 2.97. The van der Waals surface area contributed by atoms with Crippen LogP contribution in [0.25, 0.3) is 0 Å². The van der Waals surface area contributed by atoms with Crippen LogP contribution < -0.4 is 10.6 Å². The molecule has 0 spiro atoms. The summed E-state index contributed by atoms with van der Waals surface area (Å²) in [6.45, 7) is 2.64. The van der Waals surface area contributed by atoms with E-state index in [1.54, 1.807) is 0 Å². The summed E-state index contributed by atoms with van der Waals surface area (Å²) in [6, 6.07) is 0. The summed E-state index contributed by atoms with van der Waals surface area (Å²) in [6.07, 6.45) is 10.1. The van der Waals surface area contributed by atoms with Crippen molar-refractivity contribution >= 4 is 5.91 Å². The Labute approximate surface area is 92.0 Å². The molecule has 2 N–H and O–H groups in total.